The largest absolute Gasteiger partial charge is 0.377 e. The van der Waals surface area contributed by atoms with Crippen molar-refractivity contribution < 1.29 is 13.2 Å². The first-order valence-electron chi connectivity index (χ1n) is 7.37. The molecule has 2 rings (SSSR count). The molecular formula is C13H26N2O3S2. The summed E-state index contributed by atoms with van der Waals surface area (Å²) >= 11 is 1.84. The van der Waals surface area contributed by atoms with E-state index in [1.54, 1.807) is 11.4 Å². The molecule has 0 aliphatic carbocycles. The molecule has 5 nitrogen and oxygen atoms in total. The first-order valence-corrected chi connectivity index (χ1v) is 9.92. The van der Waals surface area contributed by atoms with Gasteiger partial charge in [-0.2, -0.15) is 28.8 Å². The molecule has 0 aromatic carbocycles. The van der Waals surface area contributed by atoms with Crippen LogP contribution >= 0.6 is 11.8 Å². The fraction of sp³-hybridized carbons (Fsp3) is 1.00. The van der Waals surface area contributed by atoms with Crippen molar-refractivity contribution in [1.82, 2.24) is 8.61 Å². The second-order valence-electron chi connectivity index (χ2n) is 5.84. The van der Waals surface area contributed by atoms with Gasteiger partial charge < -0.3 is 4.74 Å². The normalized spacial score (nSPS) is 28.1. The SMILES string of the molecule is CC(C)N(C)S(=O)(=O)N(CC1CCCO1)C1CCSC1. The molecule has 2 aliphatic rings. The lowest BCUT2D eigenvalue weighted by molar-refractivity contribution is 0.0857. The van der Waals surface area contributed by atoms with E-state index in [1.165, 1.54) is 4.31 Å². The molecule has 2 fully saturated rings. The average molecular weight is 322 g/mol. The smallest absolute Gasteiger partial charge is 0.282 e. The van der Waals surface area contributed by atoms with E-state index in [4.69, 9.17) is 4.74 Å². The van der Waals surface area contributed by atoms with Crippen LogP contribution in [0.2, 0.25) is 0 Å². The van der Waals surface area contributed by atoms with Gasteiger partial charge >= 0.3 is 0 Å². The Kier molecular flexibility index (Phi) is 5.76. The zero-order chi connectivity index (χ0) is 14.8. The summed E-state index contributed by atoms with van der Waals surface area (Å²) < 4.78 is 34.5. The van der Waals surface area contributed by atoms with E-state index in [-0.39, 0.29) is 18.2 Å². The van der Waals surface area contributed by atoms with Gasteiger partial charge in [-0.1, -0.05) is 0 Å². The first kappa shape index (κ1) is 16.5. The van der Waals surface area contributed by atoms with Crippen LogP contribution in [0, 0.1) is 0 Å². The van der Waals surface area contributed by atoms with Gasteiger partial charge in [0.1, 0.15) is 0 Å². The molecule has 2 aliphatic heterocycles. The Morgan fingerprint density at radius 3 is 2.60 bits per heavy atom. The summed E-state index contributed by atoms with van der Waals surface area (Å²) in [6, 6.07) is 0.0939. The minimum Gasteiger partial charge on any atom is -0.377 e. The molecule has 118 valence electrons. The van der Waals surface area contributed by atoms with Crippen molar-refractivity contribution >= 4 is 22.0 Å². The number of nitrogens with zero attached hydrogens (tertiary/aromatic N) is 2. The second-order valence-corrected chi connectivity index (χ2v) is 8.93. The van der Waals surface area contributed by atoms with Crippen molar-refractivity contribution in [2.24, 2.45) is 0 Å². The fourth-order valence-electron chi connectivity index (χ4n) is 2.60. The Bertz CT molecular complexity index is 402. The van der Waals surface area contributed by atoms with Gasteiger partial charge in [0, 0.05) is 38.0 Å². The average Bonchev–Trinajstić information content (AvgIpc) is 3.07. The third-order valence-corrected chi connectivity index (χ3v) is 7.44. The zero-order valence-electron chi connectivity index (χ0n) is 12.6. The van der Waals surface area contributed by atoms with E-state index in [0.29, 0.717) is 6.54 Å². The molecule has 7 heteroatoms. The molecule has 0 saturated carbocycles. The van der Waals surface area contributed by atoms with Gasteiger partial charge in [0.25, 0.3) is 10.2 Å². The van der Waals surface area contributed by atoms with Crippen LogP contribution < -0.4 is 0 Å². The molecular weight excluding hydrogens is 296 g/mol. The van der Waals surface area contributed by atoms with E-state index < -0.39 is 10.2 Å². The third-order valence-electron chi connectivity index (χ3n) is 4.11. The summed E-state index contributed by atoms with van der Waals surface area (Å²) in [5, 5.41) is 0. The minimum atomic E-state index is -3.40. The van der Waals surface area contributed by atoms with Crippen LogP contribution in [-0.2, 0) is 14.9 Å². The molecule has 0 aromatic rings. The lowest BCUT2D eigenvalue weighted by atomic mass is 10.2. The van der Waals surface area contributed by atoms with Crippen molar-refractivity contribution in [3.63, 3.8) is 0 Å². The van der Waals surface area contributed by atoms with Crippen LogP contribution in [0.1, 0.15) is 33.1 Å². The summed E-state index contributed by atoms with van der Waals surface area (Å²) in [7, 11) is -1.73. The van der Waals surface area contributed by atoms with E-state index in [2.05, 4.69) is 0 Å². The van der Waals surface area contributed by atoms with Gasteiger partial charge in [0.2, 0.25) is 0 Å². The summed E-state index contributed by atoms with van der Waals surface area (Å²) in [6.45, 7) is 5.08. The van der Waals surface area contributed by atoms with Crippen molar-refractivity contribution in [2.45, 2.75) is 51.3 Å². The molecule has 0 bridgehead atoms. The third kappa shape index (κ3) is 3.68. The molecule has 2 unspecified atom stereocenters. The van der Waals surface area contributed by atoms with Crippen molar-refractivity contribution in [3.05, 3.63) is 0 Å². The van der Waals surface area contributed by atoms with Gasteiger partial charge in [-0.25, -0.2) is 0 Å². The topological polar surface area (TPSA) is 49.9 Å². The highest BCUT2D eigenvalue weighted by Gasteiger charge is 2.38. The van der Waals surface area contributed by atoms with E-state index in [0.717, 1.165) is 37.4 Å². The van der Waals surface area contributed by atoms with Gasteiger partial charge in [-0.05, 0) is 38.9 Å². The summed E-state index contributed by atoms with van der Waals surface area (Å²) in [5.74, 6) is 1.95. The molecule has 2 atom stereocenters. The highest BCUT2D eigenvalue weighted by molar-refractivity contribution is 7.99. The van der Waals surface area contributed by atoms with Crippen LogP contribution in [0.3, 0.4) is 0 Å². The quantitative estimate of drug-likeness (QED) is 0.745. The second kappa shape index (κ2) is 6.96. The maximum atomic E-state index is 12.8. The van der Waals surface area contributed by atoms with E-state index >= 15 is 0 Å². The van der Waals surface area contributed by atoms with Gasteiger partial charge in [-0.15, -0.1) is 0 Å². The summed E-state index contributed by atoms with van der Waals surface area (Å²) in [6.07, 6.45) is 3.02. The standard InChI is InChI=1S/C13H26N2O3S2/c1-11(2)14(3)20(16,17)15(12-6-8-19-10-12)9-13-5-4-7-18-13/h11-13H,4-10H2,1-3H3. The Morgan fingerprint density at radius 2 is 2.10 bits per heavy atom. The number of hydrogen-bond donors (Lipinski definition) is 0. The lowest BCUT2D eigenvalue weighted by Crippen LogP contribution is -2.51. The van der Waals surface area contributed by atoms with Gasteiger partial charge in [0.15, 0.2) is 0 Å². The maximum absolute atomic E-state index is 12.8. The zero-order valence-corrected chi connectivity index (χ0v) is 14.3. The molecule has 2 heterocycles. The first-order chi connectivity index (χ1) is 9.43. The molecule has 0 amide bonds. The van der Waals surface area contributed by atoms with Gasteiger partial charge in [0.05, 0.1) is 6.10 Å². The highest BCUT2D eigenvalue weighted by Crippen LogP contribution is 2.28. The number of hydrogen-bond acceptors (Lipinski definition) is 4. The highest BCUT2D eigenvalue weighted by atomic mass is 32.2. The Labute approximate surface area is 127 Å². The molecule has 2 saturated heterocycles. The Balaban J connectivity index is 2.15. The van der Waals surface area contributed by atoms with Crippen molar-refractivity contribution in [1.29, 1.82) is 0 Å². The van der Waals surface area contributed by atoms with Crippen LogP contribution in [-0.4, -0.2) is 66.9 Å². The Hall–Kier alpha value is 0.180. The number of rotatable bonds is 6. The molecule has 0 spiro atoms. The molecule has 0 N–H and O–H groups in total. The minimum absolute atomic E-state index is 0.0268. The molecule has 0 aromatic heterocycles. The molecule has 0 radical (unpaired) electrons. The maximum Gasteiger partial charge on any atom is 0.282 e. The number of thioether (sulfide) groups is 1. The van der Waals surface area contributed by atoms with Crippen LogP contribution in [0.4, 0.5) is 0 Å². The summed E-state index contributed by atoms with van der Waals surface area (Å²) in [4.78, 5) is 0. The van der Waals surface area contributed by atoms with Crippen molar-refractivity contribution in [3.8, 4) is 0 Å². The summed E-state index contributed by atoms with van der Waals surface area (Å²) in [5.41, 5.74) is 0. The van der Waals surface area contributed by atoms with Gasteiger partial charge in [-0.3, -0.25) is 0 Å². The fourth-order valence-corrected chi connectivity index (χ4v) is 5.70. The predicted octanol–water partition coefficient (Wildman–Crippen LogP) is 1.56. The Morgan fingerprint density at radius 1 is 1.35 bits per heavy atom. The van der Waals surface area contributed by atoms with E-state index in [9.17, 15) is 8.42 Å². The van der Waals surface area contributed by atoms with E-state index in [1.807, 2.05) is 25.6 Å². The predicted molar refractivity (Wildman–Crippen MR) is 83.2 cm³/mol. The van der Waals surface area contributed by atoms with Crippen molar-refractivity contribution in [2.75, 3.05) is 31.7 Å². The molecule has 20 heavy (non-hydrogen) atoms. The number of ether oxygens (including phenoxy) is 1. The van der Waals surface area contributed by atoms with Crippen LogP contribution in [0.5, 0.6) is 0 Å². The monoisotopic (exact) mass is 322 g/mol. The van der Waals surface area contributed by atoms with Crippen LogP contribution in [0.25, 0.3) is 0 Å². The van der Waals surface area contributed by atoms with Crippen LogP contribution in [0.15, 0.2) is 0 Å². The lowest BCUT2D eigenvalue weighted by Gasteiger charge is -2.34.